The van der Waals surface area contributed by atoms with Gasteiger partial charge in [-0.25, -0.2) is 13.3 Å². The lowest BCUT2D eigenvalue weighted by Crippen LogP contribution is -2.22. The second-order valence-corrected chi connectivity index (χ2v) is 8.47. The molecule has 3 N–H and O–H groups in total. The van der Waals surface area contributed by atoms with Crippen LogP contribution in [0.5, 0.6) is 0 Å². The molecule has 1 aliphatic carbocycles. The highest BCUT2D eigenvalue weighted by Crippen LogP contribution is 2.43. The van der Waals surface area contributed by atoms with E-state index in [9.17, 15) is 9.18 Å². The number of benzene rings is 1. The summed E-state index contributed by atoms with van der Waals surface area (Å²) in [4.78, 5) is 13.9. The number of fused-ring (bicyclic) bond motifs is 2. The van der Waals surface area contributed by atoms with Gasteiger partial charge in [-0.1, -0.05) is 11.6 Å². The number of rotatable bonds is 4. The fourth-order valence-corrected chi connectivity index (χ4v) is 4.54. The third-order valence-electron chi connectivity index (χ3n) is 6.00. The van der Waals surface area contributed by atoms with Crippen LogP contribution in [0.4, 0.5) is 20.3 Å². The lowest BCUT2D eigenvalue weighted by atomic mass is 10.0. The number of anilines is 2. The smallest absolute Gasteiger partial charge is 0.231 e. The minimum absolute atomic E-state index is 0.0147. The predicted molar refractivity (Wildman–Crippen MR) is 117 cm³/mol. The van der Waals surface area contributed by atoms with Crippen LogP contribution in [0.15, 0.2) is 30.6 Å². The number of alkyl halides is 1. The quantitative estimate of drug-likeness (QED) is 0.437. The molecular weight excluding hydrogens is 440 g/mol. The van der Waals surface area contributed by atoms with Gasteiger partial charge in [0, 0.05) is 36.3 Å². The number of H-pyrrole nitrogens is 1. The Morgan fingerprint density at radius 3 is 2.94 bits per heavy atom. The predicted octanol–water partition coefficient (Wildman–Crippen LogP) is 3.33. The molecule has 4 aromatic rings. The molecule has 6 rings (SSSR count). The van der Waals surface area contributed by atoms with Gasteiger partial charge in [0.15, 0.2) is 11.6 Å². The van der Waals surface area contributed by atoms with Gasteiger partial charge >= 0.3 is 0 Å². The summed E-state index contributed by atoms with van der Waals surface area (Å²) in [6.07, 6.45) is 2.51. The third-order valence-corrected chi connectivity index (χ3v) is 6.35. The van der Waals surface area contributed by atoms with Crippen LogP contribution in [-0.2, 0) is 4.79 Å². The van der Waals surface area contributed by atoms with E-state index in [1.807, 2.05) is 11.0 Å². The van der Waals surface area contributed by atoms with Crippen LogP contribution in [0.1, 0.15) is 6.42 Å². The van der Waals surface area contributed by atoms with Gasteiger partial charge in [0.05, 0.1) is 34.8 Å². The zero-order valence-electron chi connectivity index (χ0n) is 16.7. The largest absolute Gasteiger partial charge is 0.353 e. The van der Waals surface area contributed by atoms with E-state index in [0.717, 1.165) is 6.54 Å². The van der Waals surface area contributed by atoms with E-state index in [1.165, 1.54) is 0 Å². The van der Waals surface area contributed by atoms with Gasteiger partial charge < -0.3 is 10.2 Å². The summed E-state index contributed by atoms with van der Waals surface area (Å²) in [5.74, 6) is -1.16. The molecule has 11 heteroatoms. The minimum atomic E-state index is -1.08. The molecule has 4 heterocycles. The average molecular weight is 458 g/mol. The Morgan fingerprint density at radius 2 is 2.19 bits per heavy atom. The zero-order chi connectivity index (χ0) is 22.0. The number of hydrogen-bond acceptors (Lipinski definition) is 5. The molecule has 0 radical (unpaired) electrons. The number of nitrogens with zero attached hydrogens (tertiary/aromatic N) is 4. The van der Waals surface area contributed by atoms with Crippen molar-refractivity contribution in [2.75, 3.05) is 30.0 Å². The summed E-state index contributed by atoms with van der Waals surface area (Å²) in [5.41, 5.74) is 2.86. The highest BCUT2D eigenvalue weighted by Gasteiger charge is 2.43. The van der Waals surface area contributed by atoms with Crippen molar-refractivity contribution in [3.63, 3.8) is 0 Å². The lowest BCUT2D eigenvalue weighted by molar-refractivity contribution is -0.117. The van der Waals surface area contributed by atoms with Gasteiger partial charge in [0.25, 0.3) is 0 Å². The van der Waals surface area contributed by atoms with Crippen LogP contribution in [0.25, 0.3) is 27.5 Å². The van der Waals surface area contributed by atoms with Crippen LogP contribution in [-0.4, -0.2) is 51.6 Å². The molecule has 1 aromatic carbocycles. The Bertz CT molecular complexity index is 1380. The maximum atomic E-state index is 15.4. The highest BCUT2D eigenvalue weighted by atomic mass is 35.5. The van der Waals surface area contributed by atoms with Gasteiger partial charge in [-0.15, -0.1) is 0 Å². The third kappa shape index (κ3) is 3.01. The second kappa shape index (κ2) is 7.14. The van der Waals surface area contributed by atoms with Gasteiger partial charge in [-0.05, 0) is 24.1 Å². The molecule has 8 nitrogen and oxygen atoms in total. The maximum absolute atomic E-state index is 15.4. The molecule has 164 valence electrons. The Morgan fingerprint density at radius 1 is 1.34 bits per heavy atom. The fraction of sp³-hybridized carbons (Fsp3) is 0.286. The second-order valence-electron chi connectivity index (χ2n) is 8.09. The summed E-state index contributed by atoms with van der Waals surface area (Å²) in [6.45, 7) is 1.96. The summed E-state index contributed by atoms with van der Waals surface area (Å²) in [6, 6.07) is 5.26. The van der Waals surface area contributed by atoms with Crippen molar-refractivity contribution in [1.29, 1.82) is 0 Å². The number of amides is 1. The summed E-state index contributed by atoms with van der Waals surface area (Å²) in [7, 11) is 0. The van der Waals surface area contributed by atoms with Crippen molar-refractivity contribution in [3.05, 3.63) is 41.4 Å². The van der Waals surface area contributed by atoms with Crippen molar-refractivity contribution in [1.82, 2.24) is 25.1 Å². The van der Waals surface area contributed by atoms with Gasteiger partial charge in [0.2, 0.25) is 5.91 Å². The Balaban J connectivity index is 1.42. The molecule has 0 bridgehead atoms. The lowest BCUT2D eigenvalue weighted by Gasteiger charge is -2.20. The van der Waals surface area contributed by atoms with Crippen molar-refractivity contribution < 1.29 is 13.6 Å². The molecule has 2 aliphatic rings. The first-order valence-corrected chi connectivity index (χ1v) is 10.6. The van der Waals surface area contributed by atoms with Crippen LogP contribution >= 0.6 is 11.6 Å². The number of aromatic nitrogens is 4. The summed E-state index contributed by atoms with van der Waals surface area (Å²) < 4.78 is 30.1. The Kier molecular flexibility index (Phi) is 4.34. The number of nitrogens with one attached hydrogen (secondary N) is 3. The Hall–Kier alpha value is -3.24. The number of halogens is 3. The molecule has 2 fully saturated rings. The molecule has 0 unspecified atom stereocenters. The summed E-state index contributed by atoms with van der Waals surface area (Å²) >= 11 is 6.55. The first-order chi connectivity index (χ1) is 15.5. The molecule has 2 atom stereocenters. The van der Waals surface area contributed by atoms with Crippen LogP contribution in [0.3, 0.4) is 0 Å². The van der Waals surface area contributed by atoms with Gasteiger partial charge in [-0.2, -0.15) is 10.2 Å². The maximum Gasteiger partial charge on any atom is 0.231 e. The number of carbonyl (C=O) groups is 1. The first-order valence-electron chi connectivity index (χ1n) is 10.3. The van der Waals surface area contributed by atoms with E-state index in [4.69, 9.17) is 11.6 Å². The molecule has 1 amide bonds. The number of pyridine rings is 1. The average Bonchev–Trinajstić information content (AvgIpc) is 3.21. The molecule has 1 saturated carbocycles. The van der Waals surface area contributed by atoms with Crippen molar-refractivity contribution in [3.8, 4) is 11.1 Å². The van der Waals surface area contributed by atoms with Gasteiger partial charge in [-0.3, -0.25) is 15.2 Å². The highest BCUT2D eigenvalue weighted by molar-refractivity contribution is 6.36. The molecule has 1 saturated heterocycles. The topological polar surface area (TPSA) is 90.4 Å². The van der Waals surface area contributed by atoms with Crippen molar-refractivity contribution in [2.45, 2.75) is 12.6 Å². The van der Waals surface area contributed by atoms with E-state index in [1.54, 1.807) is 29.0 Å². The van der Waals surface area contributed by atoms with E-state index in [-0.39, 0.29) is 17.4 Å². The summed E-state index contributed by atoms with van der Waals surface area (Å²) in [5, 5.41) is 17.9. The number of hydrogen-bond donors (Lipinski definition) is 3. The number of aromatic amines is 1. The molecule has 3 aromatic heterocycles. The molecular formula is C21H18ClF2N7O. The van der Waals surface area contributed by atoms with E-state index in [2.05, 4.69) is 25.9 Å². The molecule has 32 heavy (non-hydrogen) atoms. The van der Waals surface area contributed by atoms with Crippen LogP contribution < -0.4 is 15.5 Å². The van der Waals surface area contributed by atoms with E-state index in [0.29, 0.717) is 52.3 Å². The minimum Gasteiger partial charge on any atom is -0.353 e. The molecule has 1 aliphatic heterocycles. The van der Waals surface area contributed by atoms with Crippen LogP contribution in [0, 0.1) is 11.7 Å². The fourth-order valence-electron chi connectivity index (χ4n) is 4.24. The van der Waals surface area contributed by atoms with Crippen molar-refractivity contribution in [2.24, 2.45) is 5.92 Å². The first kappa shape index (κ1) is 19.4. The zero-order valence-corrected chi connectivity index (χ0v) is 17.5. The standard InChI is InChI=1S/C21H18ClF2N7O/c22-17-16(13-8-26-28-19(13)20(18(17)24)30-4-2-25-9-30)10-1-3-31-11(5-10)6-15(29-31)27-21(32)12-7-14(12)23/h1,3,5-6,8,12,14,25H,2,4,7,9H2,(H,26,28)(H,27,29,32)/t12-,14+/m1/s1. The van der Waals surface area contributed by atoms with E-state index >= 15 is 4.39 Å². The Labute approximate surface area is 185 Å². The van der Waals surface area contributed by atoms with Crippen LogP contribution in [0.2, 0.25) is 5.02 Å². The number of carbonyl (C=O) groups excluding carboxylic acids is 1. The van der Waals surface area contributed by atoms with Crippen molar-refractivity contribution >= 4 is 45.4 Å². The SMILES string of the molecule is O=C(Nc1cc2cc(-c3c(Cl)c(F)c(N4CCNC4)c4[nH]ncc34)ccn2n1)[C@@H]1C[C@@H]1F. The normalized spacial score (nSPS) is 20.4. The van der Waals surface area contributed by atoms with Gasteiger partial charge in [0.1, 0.15) is 11.9 Å². The van der Waals surface area contributed by atoms with E-state index < -0.39 is 17.9 Å². The molecule has 0 spiro atoms. The monoisotopic (exact) mass is 457 g/mol.